The monoisotopic (exact) mass is 431 g/mol. The van der Waals surface area contributed by atoms with Crippen molar-refractivity contribution in [3.8, 4) is 16.9 Å². The number of hydrogen-bond donors (Lipinski definition) is 2. The first-order valence-corrected chi connectivity index (χ1v) is 10.8. The van der Waals surface area contributed by atoms with Gasteiger partial charge in [-0.05, 0) is 25.1 Å². The van der Waals surface area contributed by atoms with Crippen LogP contribution in [-0.4, -0.2) is 57.9 Å². The molecule has 1 amide bonds. The fourth-order valence-corrected chi connectivity index (χ4v) is 3.34. The largest absolute Gasteiger partial charge is 0.394 e. The molecule has 1 unspecified atom stereocenters. The minimum atomic E-state index is -3.37. The Hall–Kier alpha value is -3.31. The molecule has 0 aliphatic heterocycles. The van der Waals surface area contributed by atoms with Crippen LogP contribution in [0.15, 0.2) is 52.4 Å². The van der Waals surface area contributed by atoms with Gasteiger partial charge in [-0.3, -0.25) is 14.3 Å². The van der Waals surface area contributed by atoms with Gasteiger partial charge in [0.1, 0.15) is 11.3 Å². The maximum Gasteiger partial charge on any atom is 0.284 e. The van der Waals surface area contributed by atoms with Crippen LogP contribution < -0.4 is 10.9 Å². The Balaban J connectivity index is 2.16. The summed E-state index contributed by atoms with van der Waals surface area (Å²) in [4.78, 5) is 25.7. The number of aryl methyl sites for hydroxylation is 1. The molecule has 0 aliphatic rings. The van der Waals surface area contributed by atoms with Gasteiger partial charge in [0, 0.05) is 24.9 Å². The lowest BCUT2D eigenvalue weighted by atomic mass is 10.1. The third-order valence-electron chi connectivity index (χ3n) is 4.32. The Labute approximate surface area is 172 Å². The molecule has 3 rings (SSSR count). The number of rotatable bonds is 6. The summed E-state index contributed by atoms with van der Waals surface area (Å²) in [6.45, 7) is 1.32. The number of hydrogen-bond acceptors (Lipinski definition) is 7. The molecular weight excluding hydrogens is 410 g/mol. The number of aliphatic hydroxyl groups is 1. The highest BCUT2D eigenvalue weighted by Gasteiger charge is 2.19. The summed E-state index contributed by atoms with van der Waals surface area (Å²) in [7, 11) is -1.69. The zero-order valence-corrected chi connectivity index (χ0v) is 17.4. The maximum absolute atomic E-state index is 12.9. The Kier molecular flexibility index (Phi) is 5.85. The van der Waals surface area contributed by atoms with Crippen LogP contribution in [0, 0.1) is 0 Å². The summed E-state index contributed by atoms with van der Waals surface area (Å²) in [5, 5.41) is 20.1. The fourth-order valence-electron chi connectivity index (χ4n) is 2.71. The molecule has 0 radical (unpaired) electrons. The molecule has 158 valence electrons. The lowest BCUT2D eigenvalue weighted by molar-refractivity contribution is 0.0920. The van der Waals surface area contributed by atoms with Crippen molar-refractivity contribution in [1.82, 2.24) is 24.9 Å². The zero-order chi connectivity index (χ0) is 22.1. The average Bonchev–Trinajstić information content (AvgIpc) is 3.13. The minimum absolute atomic E-state index is 0.140. The highest BCUT2D eigenvalue weighted by molar-refractivity contribution is 7.90. The van der Waals surface area contributed by atoms with Crippen molar-refractivity contribution >= 4 is 15.7 Å². The van der Waals surface area contributed by atoms with Crippen LogP contribution in [0.4, 0.5) is 0 Å². The van der Waals surface area contributed by atoms with Gasteiger partial charge in [0.2, 0.25) is 0 Å². The molecule has 10 nitrogen and oxygen atoms in total. The van der Waals surface area contributed by atoms with Crippen molar-refractivity contribution in [1.29, 1.82) is 0 Å². The standard InChI is InChI=1S/C19H21N5O5S/c1-12(11-25)21-18(26)16-8-17(13-4-6-15(7-5-13)30(3,28)29)22-24(19(16)27)14-9-20-23(2)10-14/h4-10,12,25H,11H2,1-3H3,(H,21,26). The second-order valence-electron chi connectivity index (χ2n) is 6.89. The van der Waals surface area contributed by atoms with Gasteiger partial charge in [-0.15, -0.1) is 0 Å². The first kappa shape index (κ1) is 21.4. The van der Waals surface area contributed by atoms with E-state index >= 15 is 0 Å². The molecule has 2 heterocycles. The van der Waals surface area contributed by atoms with E-state index in [1.165, 1.54) is 29.1 Å². The number of carbonyl (C=O) groups excluding carboxylic acids is 1. The number of aliphatic hydroxyl groups excluding tert-OH is 1. The van der Waals surface area contributed by atoms with E-state index in [4.69, 9.17) is 0 Å². The molecule has 0 spiro atoms. The Morgan fingerprint density at radius 3 is 2.47 bits per heavy atom. The van der Waals surface area contributed by atoms with E-state index in [1.807, 2.05) is 0 Å². The van der Waals surface area contributed by atoms with Gasteiger partial charge in [-0.1, -0.05) is 12.1 Å². The lowest BCUT2D eigenvalue weighted by Crippen LogP contribution is -2.39. The Morgan fingerprint density at radius 2 is 1.93 bits per heavy atom. The number of aromatic nitrogens is 4. The summed E-state index contributed by atoms with van der Waals surface area (Å²) < 4.78 is 25.9. The van der Waals surface area contributed by atoms with Crippen molar-refractivity contribution < 1.29 is 18.3 Å². The minimum Gasteiger partial charge on any atom is -0.394 e. The van der Waals surface area contributed by atoms with Gasteiger partial charge in [0.05, 0.1) is 29.6 Å². The van der Waals surface area contributed by atoms with Crippen molar-refractivity contribution in [3.63, 3.8) is 0 Å². The van der Waals surface area contributed by atoms with E-state index in [1.54, 1.807) is 32.3 Å². The quantitative estimate of drug-likeness (QED) is 0.567. The third kappa shape index (κ3) is 4.47. The molecule has 0 fully saturated rings. The van der Waals surface area contributed by atoms with E-state index in [0.29, 0.717) is 16.9 Å². The molecule has 2 N–H and O–H groups in total. The average molecular weight is 431 g/mol. The normalized spacial score (nSPS) is 12.5. The molecule has 0 aliphatic carbocycles. The molecule has 11 heteroatoms. The van der Waals surface area contributed by atoms with Gasteiger partial charge in [0.15, 0.2) is 9.84 Å². The summed E-state index contributed by atoms with van der Waals surface area (Å²) >= 11 is 0. The van der Waals surface area contributed by atoms with E-state index in [9.17, 15) is 23.1 Å². The number of carbonyl (C=O) groups is 1. The predicted molar refractivity (Wildman–Crippen MR) is 109 cm³/mol. The fraction of sp³-hybridized carbons (Fsp3) is 0.263. The smallest absolute Gasteiger partial charge is 0.284 e. The van der Waals surface area contributed by atoms with E-state index < -0.39 is 27.3 Å². The molecule has 1 atom stereocenters. The van der Waals surface area contributed by atoms with E-state index in [2.05, 4.69) is 15.5 Å². The number of nitrogens with one attached hydrogen (secondary N) is 1. The molecule has 2 aromatic heterocycles. The molecule has 30 heavy (non-hydrogen) atoms. The van der Waals surface area contributed by atoms with Crippen molar-refractivity contribution in [3.05, 3.63) is 58.6 Å². The van der Waals surface area contributed by atoms with Crippen LogP contribution in [0.25, 0.3) is 16.9 Å². The van der Waals surface area contributed by atoms with Crippen LogP contribution in [-0.2, 0) is 16.9 Å². The van der Waals surface area contributed by atoms with Crippen LogP contribution in [0.5, 0.6) is 0 Å². The van der Waals surface area contributed by atoms with Crippen LogP contribution in [0.2, 0.25) is 0 Å². The first-order valence-electron chi connectivity index (χ1n) is 8.95. The summed E-state index contributed by atoms with van der Waals surface area (Å²) in [6.07, 6.45) is 4.11. The number of sulfone groups is 1. The number of nitrogens with zero attached hydrogens (tertiary/aromatic N) is 4. The highest BCUT2D eigenvalue weighted by Crippen LogP contribution is 2.20. The highest BCUT2D eigenvalue weighted by atomic mass is 32.2. The van der Waals surface area contributed by atoms with Gasteiger partial charge in [-0.25, -0.2) is 8.42 Å². The van der Waals surface area contributed by atoms with Gasteiger partial charge in [-0.2, -0.15) is 14.9 Å². The number of benzene rings is 1. The van der Waals surface area contributed by atoms with E-state index in [-0.39, 0.29) is 17.1 Å². The van der Waals surface area contributed by atoms with E-state index in [0.717, 1.165) is 10.9 Å². The van der Waals surface area contributed by atoms with Gasteiger partial charge < -0.3 is 10.4 Å². The Morgan fingerprint density at radius 1 is 1.27 bits per heavy atom. The first-order chi connectivity index (χ1) is 14.1. The zero-order valence-electron chi connectivity index (χ0n) is 16.6. The summed E-state index contributed by atoms with van der Waals surface area (Å²) in [5.74, 6) is -0.657. The molecule has 0 bridgehead atoms. The maximum atomic E-state index is 12.9. The predicted octanol–water partition coefficient (Wildman–Crippen LogP) is 0.147. The Bertz CT molecular complexity index is 1250. The SMILES string of the molecule is CC(CO)NC(=O)c1cc(-c2ccc(S(C)(=O)=O)cc2)nn(-c2cnn(C)c2)c1=O. The van der Waals surface area contributed by atoms with Crippen molar-refractivity contribution in [2.75, 3.05) is 12.9 Å². The van der Waals surface area contributed by atoms with Crippen LogP contribution in [0.3, 0.4) is 0 Å². The topological polar surface area (TPSA) is 136 Å². The molecule has 1 aromatic carbocycles. The van der Waals surface area contributed by atoms with Gasteiger partial charge >= 0.3 is 0 Å². The van der Waals surface area contributed by atoms with Crippen LogP contribution in [0.1, 0.15) is 17.3 Å². The third-order valence-corrected chi connectivity index (χ3v) is 5.45. The summed E-state index contributed by atoms with van der Waals surface area (Å²) in [6, 6.07) is 6.75. The molecular formula is C19H21N5O5S. The van der Waals surface area contributed by atoms with Gasteiger partial charge in [0.25, 0.3) is 11.5 Å². The second-order valence-corrected chi connectivity index (χ2v) is 8.90. The van der Waals surface area contributed by atoms with Crippen LogP contribution >= 0.6 is 0 Å². The number of amides is 1. The van der Waals surface area contributed by atoms with Crippen molar-refractivity contribution in [2.45, 2.75) is 17.9 Å². The summed E-state index contributed by atoms with van der Waals surface area (Å²) in [5.41, 5.74) is 0.351. The second kappa shape index (κ2) is 8.20. The molecule has 0 saturated carbocycles. The molecule has 0 saturated heterocycles. The lowest BCUT2D eigenvalue weighted by Gasteiger charge is -2.13. The molecule has 3 aromatic rings. The van der Waals surface area contributed by atoms with Crippen molar-refractivity contribution in [2.24, 2.45) is 7.05 Å².